The van der Waals surface area contributed by atoms with Gasteiger partial charge in [-0.15, -0.1) is 0 Å². The molecule has 7 heteroatoms. The monoisotopic (exact) mass is 395 g/mol. The van der Waals surface area contributed by atoms with Gasteiger partial charge < -0.3 is 14.8 Å². The first-order valence-corrected chi connectivity index (χ1v) is 10.1. The molecule has 3 aromatic rings. The molecule has 0 radical (unpaired) electrons. The molecule has 1 N–H and O–H groups in total. The van der Waals surface area contributed by atoms with Gasteiger partial charge in [-0.05, 0) is 30.5 Å². The number of amides is 1. The molecular weight excluding hydrogens is 374 g/mol. The van der Waals surface area contributed by atoms with E-state index in [0.717, 1.165) is 54.9 Å². The SMILES string of the molecule is O=C(Cc1ccccc1Cl)N1CCN(c2ncnc3[nH]ccc23)CC2(CC2)C1. The number of aromatic nitrogens is 3. The molecule has 1 saturated carbocycles. The summed E-state index contributed by atoms with van der Waals surface area (Å²) in [5.74, 6) is 1.11. The Morgan fingerprint density at radius 3 is 2.82 bits per heavy atom. The van der Waals surface area contributed by atoms with Crippen molar-refractivity contribution in [3.8, 4) is 0 Å². The van der Waals surface area contributed by atoms with Crippen LogP contribution >= 0.6 is 11.6 Å². The molecule has 1 saturated heterocycles. The quantitative estimate of drug-likeness (QED) is 0.739. The standard InChI is InChI=1S/C21H22ClN5O/c22-17-4-2-1-3-15(17)11-18(28)26-9-10-27(13-21(12-26)6-7-21)20-16-5-8-23-19(16)24-14-25-20/h1-5,8,14H,6-7,9-13H2,(H,23,24,25). The molecule has 2 aromatic heterocycles. The third-order valence-electron chi connectivity index (χ3n) is 5.93. The number of nitrogens with one attached hydrogen (secondary N) is 1. The number of halogens is 1. The Morgan fingerprint density at radius 2 is 2.00 bits per heavy atom. The highest BCUT2D eigenvalue weighted by Crippen LogP contribution is 2.48. The minimum absolute atomic E-state index is 0.149. The maximum atomic E-state index is 13.0. The number of benzene rings is 1. The zero-order valence-corrected chi connectivity index (χ0v) is 16.3. The number of hydrogen-bond acceptors (Lipinski definition) is 4. The molecule has 6 nitrogen and oxygen atoms in total. The van der Waals surface area contributed by atoms with Gasteiger partial charge in [0.1, 0.15) is 17.8 Å². The van der Waals surface area contributed by atoms with Crippen molar-refractivity contribution in [2.45, 2.75) is 19.3 Å². The molecule has 144 valence electrons. The minimum atomic E-state index is 0.149. The van der Waals surface area contributed by atoms with Gasteiger partial charge in [0.05, 0.1) is 11.8 Å². The maximum Gasteiger partial charge on any atom is 0.227 e. The van der Waals surface area contributed by atoms with Crippen molar-refractivity contribution in [1.82, 2.24) is 19.9 Å². The summed E-state index contributed by atoms with van der Waals surface area (Å²) in [7, 11) is 0. The highest BCUT2D eigenvalue weighted by Gasteiger charge is 2.47. The van der Waals surface area contributed by atoms with Crippen molar-refractivity contribution < 1.29 is 4.79 Å². The molecule has 5 rings (SSSR count). The number of rotatable bonds is 3. The van der Waals surface area contributed by atoms with Crippen molar-refractivity contribution in [3.63, 3.8) is 0 Å². The molecule has 2 fully saturated rings. The van der Waals surface area contributed by atoms with Crippen LogP contribution in [0.25, 0.3) is 11.0 Å². The van der Waals surface area contributed by atoms with E-state index in [9.17, 15) is 4.79 Å². The van der Waals surface area contributed by atoms with E-state index in [1.807, 2.05) is 41.4 Å². The molecule has 1 amide bonds. The Morgan fingerprint density at radius 1 is 1.14 bits per heavy atom. The van der Waals surface area contributed by atoms with Gasteiger partial charge in [0.15, 0.2) is 0 Å². The number of carbonyl (C=O) groups is 1. The van der Waals surface area contributed by atoms with Crippen LogP contribution in [0.4, 0.5) is 5.82 Å². The molecule has 0 atom stereocenters. The average Bonchev–Trinajstić information content (AvgIpc) is 3.34. The summed E-state index contributed by atoms with van der Waals surface area (Å²) in [6.45, 7) is 3.21. The van der Waals surface area contributed by atoms with E-state index >= 15 is 0 Å². The second-order valence-electron chi connectivity index (χ2n) is 7.94. The van der Waals surface area contributed by atoms with Gasteiger partial charge in [0.2, 0.25) is 5.91 Å². The van der Waals surface area contributed by atoms with Crippen molar-refractivity contribution in [3.05, 3.63) is 53.4 Å². The number of anilines is 1. The fraction of sp³-hybridized carbons (Fsp3) is 0.381. The van der Waals surface area contributed by atoms with E-state index in [2.05, 4.69) is 19.9 Å². The lowest BCUT2D eigenvalue weighted by Gasteiger charge is -2.25. The zero-order chi connectivity index (χ0) is 19.1. The molecule has 1 aliphatic heterocycles. The van der Waals surface area contributed by atoms with Crippen molar-refractivity contribution >= 4 is 34.4 Å². The summed E-state index contributed by atoms with van der Waals surface area (Å²) in [5.41, 5.74) is 1.93. The number of H-pyrrole nitrogens is 1. The van der Waals surface area contributed by atoms with Crippen LogP contribution in [0.5, 0.6) is 0 Å². The van der Waals surface area contributed by atoms with Crippen LogP contribution in [-0.2, 0) is 11.2 Å². The lowest BCUT2D eigenvalue weighted by Crippen LogP contribution is -2.37. The molecule has 0 unspecified atom stereocenters. The smallest absolute Gasteiger partial charge is 0.227 e. The van der Waals surface area contributed by atoms with Gasteiger partial charge >= 0.3 is 0 Å². The Labute approximate surface area is 168 Å². The highest BCUT2D eigenvalue weighted by atomic mass is 35.5. The largest absolute Gasteiger partial charge is 0.354 e. The van der Waals surface area contributed by atoms with Gasteiger partial charge in [0, 0.05) is 42.8 Å². The molecule has 28 heavy (non-hydrogen) atoms. The predicted molar refractivity (Wildman–Crippen MR) is 110 cm³/mol. The first kappa shape index (κ1) is 17.5. The summed E-state index contributed by atoms with van der Waals surface area (Å²) >= 11 is 6.26. The zero-order valence-electron chi connectivity index (χ0n) is 15.6. The second-order valence-corrected chi connectivity index (χ2v) is 8.35. The lowest BCUT2D eigenvalue weighted by atomic mass is 10.1. The van der Waals surface area contributed by atoms with Crippen LogP contribution in [0.3, 0.4) is 0 Å². The van der Waals surface area contributed by atoms with Crippen LogP contribution in [0, 0.1) is 5.41 Å². The van der Waals surface area contributed by atoms with E-state index in [0.29, 0.717) is 18.0 Å². The average molecular weight is 396 g/mol. The molecule has 1 spiro atoms. The summed E-state index contributed by atoms with van der Waals surface area (Å²) in [4.78, 5) is 29.4. The van der Waals surface area contributed by atoms with Crippen LogP contribution in [-0.4, -0.2) is 51.9 Å². The van der Waals surface area contributed by atoms with Crippen molar-refractivity contribution in [2.24, 2.45) is 5.41 Å². The normalized spacial score (nSPS) is 18.5. The minimum Gasteiger partial charge on any atom is -0.354 e. The van der Waals surface area contributed by atoms with E-state index in [4.69, 9.17) is 11.6 Å². The van der Waals surface area contributed by atoms with E-state index < -0.39 is 0 Å². The Hall–Kier alpha value is -2.60. The molecular formula is C21H22ClN5O. The van der Waals surface area contributed by atoms with Crippen LogP contribution in [0.1, 0.15) is 18.4 Å². The Kier molecular flexibility index (Phi) is 4.23. The van der Waals surface area contributed by atoms with Gasteiger partial charge in [-0.2, -0.15) is 0 Å². The van der Waals surface area contributed by atoms with Gasteiger partial charge in [-0.1, -0.05) is 29.8 Å². The Bertz CT molecular complexity index is 1030. The summed E-state index contributed by atoms with van der Waals surface area (Å²) in [5, 5.41) is 1.69. The van der Waals surface area contributed by atoms with Crippen molar-refractivity contribution in [1.29, 1.82) is 0 Å². The number of nitrogens with zero attached hydrogens (tertiary/aromatic N) is 4. The van der Waals surface area contributed by atoms with Gasteiger partial charge in [0.25, 0.3) is 0 Å². The number of aromatic amines is 1. The van der Waals surface area contributed by atoms with E-state index in [1.165, 1.54) is 0 Å². The first-order valence-electron chi connectivity index (χ1n) is 9.68. The Balaban J connectivity index is 1.37. The number of hydrogen-bond donors (Lipinski definition) is 1. The van der Waals surface area contributed by atoms with E-state index in [-0.39, 0.29) is 11.3 Å². The van der Waals surface area contributed by atoms with Crippen LogP contribution in [0.15, 0.2) is 42.9 Å². The second kappa shape index (κ2) is 6.78. The lowest BCUT2D eigenvalue weighted by molar-refractivity contribution is -0.130. The molecule has 0 bridgehead atoms. The van der Waals surface area contributed by atoms with Gasteiger partial charge in [-0.25, -0.2) is 9.97 Å². The van der Waals surface area contributed by atoms with E-state index in [1.54, 1.807) is 6.33 Å². The third kappa shape index (κ3) is 3.22. The summed E-state index contributed by atoms with van der Waals surface area (Å²) in [6.07, 6.45) is 6.17. The molecule has 1 aliphatic carbocycles. The maximum absolute atomic E-state index is 13.0. The summed E-state index contributed by atoms with van der Waals surface area (Å²) in [6, 6.07) is 9.62. The fourth-order valence-corrected chi connectivity index (χ4v) is 4.38. The summed E-state index contributed by atoms with van der Waals surface area (Å²) < 4.78 is 0. The predicted octanol–water partition coefficient (Wildman–Crippen LogP) is 3.28. The van der Waals surface area contributed by atoms with Gasteiger partial charge in [-0.3, -0.25) is 4.79 Å². The molecule has 3 heterocycles. The topological polar surface area (TPSA) is 65.1 Å². The fourth-order valence-electron chi connectivity index (χ4n) is 4.17. The number of carbonyl (C=O) groups excluding carboxylic acids is 1. The highest BCUT2D eigenvalue weighted by molar-refractivity contribution is 6.31. The third-order valence-corrected chi connectivity index (χ3v) is 6.30. The van der Waals surface area contributed by atoms with Crippen LogP contribution in [0.2, 0.25) is 5.02 Å². The van der Waals surface area contributed by atoms with Crippen LogP contribution < -0.4 is 4.90 Å². The first-order chi connectivity index (χ1) is 13.6. The molecule has 1 aromatic carbocycles. The number of fused-ring (bicyclic) bond motifs is 1. The van der Waals surface area contributed by atoms with Crippen molar-refractivity contribution in [2.75, 3.05) is 31.1 Å². The molecule has 2 aliphatic rings.